The summed E-state index contributed by atoms with van der Waals surface area (Å²) in [6, 6.07) is 0. The Kier molecular flexibility index (Phi) is 4.80. The molecule has 0 saturated carbocycles. The molecule has 2 rings (SSSR count). The fourth-order valence-electron chi connectivity index (χ4n) is 1.88. The molecule has 6 nitrogen and oxygen atoms in total. The molecule has 0 spiro atoms. The standard InChI is InChI=1S/C16H22N4O2/c1-5-17-12(21)7-6-11-8-18-14-13(11)15(20-10-19-14)22-9-16(2,3)4/h6-8,10H,5,9H2,1-4H3,(H,17,21)(H,18,19,20)/b7-6+. The van der Waals surface area contributed by atoms with Gasteiger partial charge in [0.2, 0.25) is 11.8 Å². The van der Waals surface area contributed by atoms with E-state index in [1.165, 1.54) is 12.4 Å². The number of likely N-dealkylation sites (N-methyl/N-ethyl adjacent to an activating group) is 1. The fraction of sp³-hybridized carbons (Fsp3) is 0.438. The van der Waals surface area contributed by atoms with E-state index in [0.717, 1.165) is 10.9 Å². The summed E-state index contributed by atoms with van der Waals surface area (Å²) in [5.74, 6) is 0.391. The molecule has 22 heavy (non-hydrogen) atoms. The summed E-state index contributed by atoms with van der Waals surface area (Å²) in [6.07, 6.45) is 6.48. The zero-order valence-electron chi connectivity index (χ0n) is 13.4. The Hall–Kier alpha value is -2.37. The minimum Gasteiger partial charge on any atom is -0.477 e. The molecule has 0 aromatic carbocycles. The highest BCUT2D eigenvalue weighted by atomic mass is 16.5. The number of amides is 1. The maximum Gasteiger partial charge on any atom is 0.243 e. The lowest BCUT2D eigenvalue weighted by Crippen LogP contribution is -2.19. The Morgan fingerprint density at radius 1 is 1.41 bits per heavy atom. The Bertz CT molecular complexity index is 683. The van der Waals surface area contributed by atoms with Crippen molar-refractivity contribution in [2.45, 2.75) is 27.7 Å². The zero-order chi connectivity index (χ0) is 16.2. The molecule has 0 fully saturated rings. The number of ether oxygens (including phenoxy) is 1. The van der Waals surface area contributed by atoms with Gasteiger partial charge in [0.05, 0.1) is 12.0 Å². The van der Waals surface area contributed by atoms with Crippen molar-refractivity contribution in [2.75, 3.05) is 13.2 Å². The van der Waals surface area contributed by atoms with Crippen LogP contribution in [0, 0.1) is 5.41 Å². The van der Waals surface area contributed by atoms with Crippen molar-refractivity contribution in [1.82, 2.24) is 20.3 Å². The number of carbonyl (C=O) groups excluding carboxylic acids is 1. The van der Waals surface area contributed by atoms with E-state index < -0.39 is 0 Å². The highest BCUT2D eigenvalue weighted by Crippen LogP contribution is 2.27. The van der Waals surface area contributed by atoms with E-state index in [0.29, 0.717) is 24.7 Å². The monoisotopic (exact) mass is 302 g/mol. The summed E-state index contributed by atoms with van der Waals surface area (Å²) < 4.78 is 5.83. The number of hydrogen-bond donors (Lipinski definition) is 2. The Morgan fingerprint density at radius 2 is 2.18 bits per heavy atom. The Labute approximate surface area is 130 Å². The van der Waals surface area contributed by atoms with Gasteiger partial charge in [-0.2, -0.15) is 0 Å². The molecule has 0 unspecified atom stereocenters. The number of nitrogens with zero attached hydrogens (tertiary/aromatic N) is 2. The fourth-order valence-corrected chi connectivity index (χ4v) is 1.88. The zero-order valence-corrected chi connectivity index (χ0v) is 13.4. The molecule has 0 aliphatic rings. The molecule has 1 amide bonds. The average molecular weight is 302 g/mol. The van der Waals surface area contributed by atoms with Gasteiger partial charge < -0.3 is 15.0 Å². The maximum atomic E-state index is 11.5. The summed E-state index contributed by atoms with van der Waals surface area (Å²) >= 11 is 0. The van der Waals surface area contributed by atoms with Crippen LogP contribution in [-0.2, 0) is 4.79 Å². The number of fused-ring (bicyclic) bond motifs is 1. The first-order valence-electron chi connectivity index (χ1n) is 7.31. The van der Waals surface area contributed by atoms with Crippen molar-refractivity contribution in [1.29, 1.82) is 0 Å². The van der Waals surface area contributed by atoms with Crippen LogP contribution in [0.3, 0.4) is 0 Å². The number of H-pyrrole nitrogens is 1. The van der Waals surface area contributed by atoms with Crippen LogP contribution in [-0.4, -0.2) is 34.0 Å². The number of carbonyl (C=O) groups is 1. The van der Waals surface area contributed by atoms with Gasteiger partial charge in [-0.05, 0) is 18.4 Å². The van der Waals surface area contributed by atoms with E-state index in [4.69, 9.17) is 4.74 Å². The minimum atomic E-state index is -0.133. The third-order valence-electron chi connectivity index (χ3n) is 2.87. The summed E-state index contributed by atoms with van der Waals surface area (Å²) in [5.41, 5.74) is 1.55. The van der Waals surface area contributed by atoms with E-state index in [2.05, 4.69) is 41.0 Å². The van der Waals surface area contributed by atoms with Gasteiger partial charge in [0.15, 0.2) is 0 Å². The van der Waals surface area contributed by atoms with Gasteiger partial charge in [0.25, 0.3) is 0 Å². The highest BCUT2D eigenvalue weighted by Gasteiger charge is 2.15. The summed E-state index contributed by atoms with van der Waals surface area (Å²) in [4.78, 5) is 23.0. The molecule has 2 heterocycles. The lowest BCUT2D eigenvalue weighted by Gasteiger charge is -2.18. The SMILES string of the molecule is CCNC(=O)/C=C/c1c[nH]c2ncnc(OCC(C)(C)C)c12. The van der Waals surface area contributed by atoms with E-state index in [1.54, 1.807) is 12.3 Å². The van der Waals surface area contributed by atoms with Crippen molar-refractivity contribution < 1.29 is 9.53 Å². The molecule has 2 aromatic heterocycles. The van der Waals surface area contributed by atoms with Crippen LogP contribution in [0.5, 0.6) is 5.88 Å². The van der Waals surface area contributed by atoms with E-state index in [1.807, 2.05) is 6.92 Å². The van der Waals surface area contributed by atoms with Gasteiger partial charge >= 0.3 is 0 Å². The second-order valence-corrected chi connectivity index (χ2v) is 6.22. The number of nitrogens with one attached hydrogen (secondary N) is 2. The second kappa shape index (κ2) is 6.60. The first kappa shape index (κ1) is 16.0. The van der Waals surface area contributed by atoms with Crippen LogP contribution in [0.2, 0.25) is 0 Å². The summed E-state index contributed by atoms with van der Waals surface area (Å²) in [7, 11) is 0. The normalized spacial score (nSPS) is 12.0. The van der Waals surface area contributed by atoms with Gasteiger partial charge in [0.1, 0.15) is 12.0 Å². The largest absolute Gasteiger partial charge is 0.477 e. The van der Waals surface area contributed by atoms with Gasteiger partial charge in [0, 0.05) is 24.4 Å². The lowest BCUT2D eigenvalue weighted by atomic mass is 9.99. The molecule has 0 bridgehead atoms. The highest BCUT2D eigenvalue weighted by molar-refractivity contribution is 5.96. The van der Waals surface area contributed by atoms with Gasteiger partial charge in [-0.25, -0.2) is 9.97 Å². The smallest absolute Gasteiger partial charge is 0.243 e. The average Bonchev–Trinajstić information content (AvgIpc) is 2.86. The van der Waals surface area contributed by atoms with Crippen molar-refractivity contribution in [3.8, 4) is 5.88 Å². The van der Waals surface area contributed by atoms with Crippen LogP contribution in [0.25, 0.3) is 17.1 Å². The topological polar surface area (TPSA) is 79.9 Å². The quantitative estimate of drug-likeness (QED) is 0.832. The molecule has 0 aliphatic carbocycles. The molecule has 0 saturated heterocycles. The molecule has 2 aromatic rings. The number of aromatic amines is 1. The van der Waals surface area contributed by atoms with Crippen LogP contribution in [0.15, 0.2) is 18.6 Å². The van der Waals surface area contributed by atoms with Crippen molar-refractivity contribution in [3.05, 3.63) is 24.2 Å². The van der Waals surface area contributed by atoms with Crippen LogP contribution < -0.4 is 10.1 Å². The number of aromatic nitrogens is 3. The molecule has 0 atom stereocenters. The van der Waals surface area contributed by atoms with Gasteiger partial charge in [-0.15, -0.1) is 0 Å². The van der Waals surface area contributed by atoms with Crippen molar-refractivity contribution in [3.63, 3.8) is 0 Å². The summed E-state index contributed by atoms with van der Waals surface area (Å²) in [5, 5.41) is 3.50. The van der Waals surface area contributed by atoms with Gasteiger partial charge in [-0.1, -0.05) is 20.8 Å². The number of hydrogen-bond acceptors (Lipinski definition) is 4. The molecule has 118 valence electrons. The Balaban J connectivity index is 2.30. The first-order chi connectivity index (χ1) is 10.4. The molecule has 2 N–H and O–H groups in total. The third kappa shape index (κ3) is 4.07. The number of rotatable bonds is 5. The van der Waals surface area contributed by atoms with E-state index >= 15 is 0 Å². The lowest BCUT2D eigenvalue weighted by molar-refractivity contribution is -0.116. The van der Waals surface area contributed by atoms with E-state index in [-0.39, 0.29) is 11.3 Å². The van der Waals surface area contributed by atoms with Crippen LogP contribution >= 0.6 is 0 Å². The predicted molar refractivity (Wildman–Crippen MR) is 86.6 cm³/mol. The molecule has 0 radical (unpaired) electrons. The van der Waals surface area contributed by atoms with E-state index in [9.17, 15) is 4.79 Å². The molecular weight excluding hydrogens is 280 g/mol. The maximum absolute atomic E-state index is 11.5. The molecular formula is C16H22N4O2. The van der Waals surface area contributed by atoms with Crippen molar-refractivity contribution in [2.24, 2.45) is 5.41 Å². The Morgan fingerprint density at radius 3 is 2.86 bits per heavy atom. The van der Waals surface area contributed by atoms with Gasteiger partial charge in [-0.3, -0.25) is 4.79 Å². The van der Waals surface area contributed by atoms with Crippen molar-refractivity contribution >= 4 is 23.0 Å². The second-order valence-electron chi connectivity index (χ2n) is 6.22. The van der Waals surface area contributed by atoms with Crippen LogP contribution in [0.4, 0.5) is 0 Å². The molecule has 6 heteroatoms. The molecule has 0 aliphatic heterocycles. The van der Waals surface area contributed by atoms with Crippen LogP contribution in [0.1, 0.15) is 33.3 Å². The minimum absolute atomic E-state index is 0.0323. The summed E-state index contributed by atoms with van der Waals surface area (Å²) in [6.45, 7) is 9.31. The predicted octanol–water partition coefficient (Wildman–Crippen LogP) is 2.53. The third-order valence-corrected chi connectivity index (χ3v) is 2.87. The first-order valence-corrected chi connectivity index (χ1v) is 7.31.